The quantitative estimate of drug-likeness (QED) is 0.774. The Morgan fingerprint density at radius 2 is 1.95 bits per heavy atom. The Labute approximate surface area is 127 Å². The van der Waals surface area contributed by atoms with Crippen molar-refractivity contribution in [2.45, 2.75) is 26.5 Å². The van der Waals surface area contributed by atoms with Gasteiger partial charge in [0, 0.05) is 18.2 Å². The van der Waals surface area contributed by atoms with Crippen molar-refractivity contribution in [2.75, 3.05) is 6.61 Å². The Balaban J connectivity index is 1.80. The van der Waals surface area contributed by atoms with Gasteiger partial charge in [-0.15, -0.1) is 0 Å². The Morgan fingerprint density at radius 1 is 1.23 bits per heavy atom. The molecule has 0 amide bonds. The standard InChI is InChI=1S/C16H18N2O4/c1-12-9-18(16(21)17-15(12)20)10-14(19)7-8-22-11-13-5-3-2-4-6-13/h2-6,9H,7-8,10-11H2,1H3,(H,17,20,21). The zero-order valence-corrected chi connectivity index (χ0v) is 12.4. The van der Waals surface area contributed by atoms with Crippen LogP contribution in [0.2, 0.25) is 0 Å². The highest BCUT2D eigenvalue weighted by atomic mass is 16.5. The van der Waals surface area contributed by atoms with Crippen molar-refractivity contribution in [2.24, 2.45) is 0 Å². The van der Waals surface area contributed by atoms with E-state index in [9.17, 15) is 14.4 Å². The maximum absolute atomic E-state index is 11.8. The zero-order valence-electron chi connectivity index (χ0n) is 12.4. The molecule has 0 aliphatic carbocycles. The first-order valence-corrected chi connectivity index (χ1v) is 7.00. The van der Waals surface area contributed by atoms with Gasteiger partial charge in [-0.3, -0.25) is 19.1 Å². The summed E-state index contributed by atoms with van der Waals surface area (Å²) in [4.78, 5) is 36.8. The van der Waals surface area contributed by atoms with Crippen LogP contribution in [0.5, 0.6) is 0 Å². The number of hydrogen-bond acceptors (Lipinski definition) is 4. The molecule has 1 aromatic carbocycles. The molecule has 0 spiro atoms. The lowest BCUT2D eigenvalue weighted by Gasteiger charge is -2.06. The van der Waals surface area contributed by atoms with Gasteiger partial charge in [0.25, 0.3) is 5.56 Å². The van der Waals surface area contributed by atoms with Crippen molar-refractivity contribution in [3.05, 3.63) is 68.5 Å². The summed E-state index contributed by atoms with van der Waals surface area (Å²) in [7, 11) is 0. The normalized spacial score (nSPS) is 10.6. The van der Waals surface area contributed by atoms with Crippen LogP contribution in [-0.4, -0.2) is 21.9 Å². The molecule has 2 rings (SSSR count). The molecule has 6 nitrogen and oxygen atoms in total. The van der Waals surface area contributed by atoms with Crippen molar-refractivity contribution < 1.29 is 9.53 Å². The van der Waals surface area contributed by atoms with Gasteiger partial charge >= 0.3 is 5.69 Å². The van der Waals surface area contributed by atoms with Crippen LogP contribution in [0, 0.1) is 6.92 Å². The number of rotatable bonds is 7. The molecule has 0 atom stereocenters. The molecule has 0 bridgehead atoms. The van der Waals surface area contributed by atoms with E-state index >= 15 is 0 Å². The number of nitrogens with one attached hydrogen (secondary N) is 1. The van der Waals surface area contributed by atoms with Crippen molar-refractivity contribution >= 4 is 5.78 Å². The second-order valence-corrected chi connectivity index (χ2v) is 5.03. The van der Waals surface area contributed by atoms with Gasteiger partial charge in [-0.2, -0.15) is 0 Å². The largest absolute Gasteiger partial charge is 0.376 e. The van der Waals surface area contributed by atoms with Crippen LogP contribution < -0.4 is 11.2 Å². The first-order valence-electron chi connectivity index (χ1n) is 7.00. The second-order valence-electron chi connectivity index (χ2n) is 5.03. The molecule has 0 fully saturated rings. The highest BCUT2D eigenvalue weighted by Gasteiger charge is 2.07. The lowest BCUT2D eigenvalue weighted by atomic mass is 10.2. The zero-order chi connectivity index (χ0) is 15.9. The topological polar surface area (TPSA) is 81.2 Å². The summed E-state index contributed by atoms with van der Waals surface area (Å²) in [5, 5.41) is 0. The fraction of sp³-hybridized carbons (Fsp3) is 0.312. The fourth-order valence-electron chi connectivity index (χ4n) is 1.96. The Kier molecular flexibility index (Phi) is 5.43. The third-order valence-corrected chi connectivity index (χ3v) is 3.17. The van der Waals surface area contributed by atoms with E-state index < -0.39 is 11.2 Å². The van der Waals surface area contributed by atoms with E-state index in [4.69, 9.17) is 4.74 Å². The molecule has 0 radical (unpaired) electrons. The van der Waals surface area contributed by atoms with Gasteiger partial charge in [0.2, 0.25) is 0 Å². The van der Waals surface area contributed by atoms with E-state index in [1.54, 1.807) is 6.92 Å². The number of aryl methyl sites for hydroxylation is 1. The van der Waals surface area contributed by atoms with Crippen molar-refractivity contribution in [3.8, 4) is 0 Å². The molecular weight excluding hydrogens is 284 g/mol. The number of Topliss-reactive ketones (excluding diaryl/α,β-unsaturated/α-hetero) is 1. The number of benzene rings is 1. The number of aromatic amines is 1. The first-order chi connectivity index (χ1) is 10.6. The summed E-state index contributed by atoms with van der Waals surface area (Å²) in [6.45, 7) is 2.27. The van der Waals surface area contributed by atoms with E-state index in [-0.39, 0.29) is 18.7 Å². The van der Waals surface area contributed by atoms with Gasteiger partial charge in [0.15, 0.2) is 5.78 Å². The SMILES string of the molecule is Cc1cn(CC(=O)CCOCc2ccccc2)c(=O)[nH]c1=O. The monoisotopic (exact) mass is 302 g/mol. The average Bonchev–Trinajstić information content (AvgIpc) is 2.50. The first kappa shape index (κ1) is 15.9. The van der Waals surface area contributed by atoms with Crippen LogP contribution in [-0.2, 0) is 22.7 Å². The number of carbonyl (C=O) groups excluding carboxylic acids is 1. The van der Waals surface area contributed by atoms with Crippen LogP contribution in [0.25, 0.3) is 0 Å². The van der Waals surface area contributed by atoms with Crippen molar-refractivity contribution in [3.63, 3.8) is 0 Å². The maximum Gasteiger partial charge on any atom is 0.328 e. The van der Waals surface area contributed by atoms with Crippen molar-refractivity contribution in [1.82, 2.24) is 9.55 Å². The summed E-state index contributed by atoms with van der Waals surface area (Å²) >= 11 is 0. The van der Waals surface area contributed by atoms with E-state index in [1.807, 2.05) is 30.3 Å². The van der Waals surface area contributed by atoms with Crippen LogP contribution in [0.3, 0.4) is 0 Å². The van der Waals surface area contributed by atoms with Gasteiger partial charge in [-0.25, -0.2) is 4.79 Å². The minimum absolute atomic E-state index is 0.0643. The van der Waals surface area contributed by atoms with Gasteiger partial charge in [0.05, 0.1) is 19.8 Å². The number of nitrogens with zero attached hydrogens (tertiary/aromatic N) is 1. The molecule has 0 aliphatic heterocycles. The summed E-state index contributed by atoms with van der Waals surface area (Å²) in [5.41, 5.74) is 0.434. The molecule has 0 saturated carbocycles. The molecular formula is C16H18N2O4. The molecule has 0 unspecified atom stereocenters. The van der Waals surface area contributed by atoms with Crippen LogP contribution in [0.4, 0.5) is 0 Å². The van der Waals surface area contributed by atoms with E-state index in [0.717, 1.165) is 5.56 Å². The number of H-pyrrole nitrogens is 1. The van der Waals surface area contributed by atoms with Crippen LogP contribution in [0.1, 0.15) is 17.5 Å². The lowest BCUT2D eigenvalue weighted by molar-refractivity contribution is -0.120. The summed E-state index contributed by atoms with van der Waals surface area (Å²) in [6, 6.07) is 9.68. The van der Waals surface area contributed by atoms with Gasteiger partial charge in [-0.1, -0.05) is 30.3 Å². The highest BCUT2D eigenvalue weighted by molar-refractivity contribution is 5.78. The van der Waals surface area contributed by atoms with Crippen molar-refractivity contribution in [1.29, 1.82) is 0 Å². The minimum Gasteiger partial charge on any atom is -0.376 e. The van der Waals surface area contributed by atoms with Crippen LogP contribution >= 0.6 is 0 Å². The highest BCUT2D eigenvalue weighted by Crippen LogP contribution is 2.01. The lowest BCUT2D eigenvalue weighted by Crippen LogP contribution is -2.32. The number of ketones is 1. The molecule has 2 aromatic rings. The van der Waals surface area contributed by atoms with Gasteiger partial charge in [0.1, 0.15) is 0 Å². The van der Waals surface area contributed by atoms with Gasteiger partial charge < -0.3 is 4.74 Å². The van der Waals surface area contributed by atoms with E-state index in [0.29, 0.717) is 18.8 Å². The third kappa shape index (κ3) is 4.53. The average molecular weight is 302 g/mol. The Hall–Kier alpha value is -2.47. The number of aromatic nitrogens is 2. The summed E-state index contributed by atoms with van der Waals surface area (Å²) < 4.78 is 6.64. The number of ether oxygens (including phenoxy) is 1. The molecule has 1 aromatic heterocycles. The summed E-state index contributed by atoms with van der Waals surface area (Å²) in [5.74, 6) is -0.124. The molecule has 1 heterocycles. The smallest absolute Gasteiger partial charge is 0.328 e. The minimum atomic E-state index is -0.575. The maximum atomic E-state index is 11.8. The van der Waals surface area contributed by atoms with Crippen LogP contribution in [0.15, 0.2) is 46.1 Å². The molecule has 0 aliphatic rings. The fourth-order valence-corrected chi connectivity index (χ4v) is 1.96. The van der Waals surface area contributed by atoms with E-state index in [2.05, 4.69) is 4.98 Å². The second kappa shape index (κ2) is 7.51. The molecule has 1 N–H and O–H groups in total. The molecule has 22 heavy (non-hydrogen) atoms. The van der Waals surface area contributed by atoms with E-state index in [1.165, 1.54) is 10.8 Å². The third-order valence-electron chi connectivity index (χ3n) is 3.17. The molecule has 6 heteroatoms. The molecule has 116 valence electrons. The molecule has 0 saturated heterocycles. The Morgan fingerprint density at radius 3 is 2.68 bits per heavy atom. The Bertz CT molecular complexity index is 747. The number of hydrogen-bond donors (Lipinski definition) is 1. The summed E-state index contributed by atoms with van der Waals surface area (Å²) in [6.07, 6.45) is 1.61. The predicted molar refractivity (Wildman–Crippen MR) is 81.8 cm³/mol. The number of carbonyl (C=O) groups is 1. The van der Waals surface area contributed by atoms with Gasteiger partial charge in [-0.05, 0) is 12.5 Å². The predicted octanol–water partition coefficient (Wildman–Crippen LogP) is 1.02.